The number of para-hydroxylation sites is 1. The highest BCUT2D eigenvalue weighted by molar-refractivity contribution is 5.84. The first kappa shape index (κ1) is 12.3. The topological polar surface area (TPSA) is 53.1 Å². The lowest BCUT2D eigenvalue weighted by atomic mass is 9.92. The average Bonchev–Trinajstić information content (AvgIpc) is 2.87. The summed E-state index contributed by atoms with van der Waals surface area (Å²) in [5.41, 5.74) is 8.49. The Labute approximate surface area is 113 Å². The van der Waals surface area contributed by atoms with Gasteiger partial charge in [0.05, 0.1) is 12.6 Å². The molecule has 19 heavy (non-hydrogen) atoms. The zero-order valence-electron chi connectivity index (χ0n) is 11.8. The van der Waals surface area contributed by atoms with E-state index in [-0.39, 0.29) is 0 Å². The number of nitrogens with zero attached hydrogens (tertiary/aromatic N) is 2. The monoisotopic (exact) mass is 259 g/mol. The molecule has 0 aliphatic heterocycles. The van der Waals surface area contributed by atoms with Crippen LogP contribution in [0.5, 0.6) is 5.75 Å². The predicted octanol–water partition coefficient (Wildman–Crippen LogP) is 3.38. The van der Waals surface area contributed by atoms with Gasteiger partial charge in [-0.1, -0.05) is 19.9 Å². The summed E-state index contributed by atoms with van der Waals surface area (Å²) in [5, 5.41) is 0. The van der Waals surface area contributed by atoms with Crippen LogP contribution >= 0.6 is 0 Å². The van der Waals surface area contributed by atoms with Crippen molar-refractivity contribution in [3.8, 4) is 5.75 Å². The van der Waals surface area contributed by atoms with Gasteiger partial charge in [-0.3, -0.25) is 0 Å². The second-order valence-electron chi connectivity index (χ2n) is 6.23. The molecule has 2 N–H and O–H groups in total. The van der Waals surface area contributed by atoms with E-state index in [0.29, 0.717) is 17.4 Å². The van der Waals surface area contributed by atoms with Crippen LogP contribution in [0, 0.1) is 5.41 Å². The summed E-state index contributed by atoms with van der Waals surface area (Å²) in [7, 11) is 1.67. The number of fused-ring (bicyclic) bond motifs is 1. The Morgan fingerprint density at radius 3 is 2.84 bits per heavy atom. The first-order valence-corrected chi connectivity index (χ1v) is 6.82. The normalized spacial score (nSPS) is 21.9. The Bertz CT molecular complexity index is 615. The van der Waals surface area contributed by atoms with Gasteiger partial charge in [0.2, 0.25) is 5.95 Å². The molecule has 4 nitrogen and oxygen atoms in total. The van der Waals surface area contributed by atoms with Gasteiger partial charge in [0.1, 0.15) is 11.3 Å². The summed E-state index contributed by atoms with van der Waals surface area (Å²) >= 11 is 0. The minimum Gasteiger partial charge on any atom is -0.494 e. The Hall–Kier alpha value is -1.71. The van der Waals surface area contributed by atoms with Crippen LogP contribution in [0.2, 0.25) is 0 Å². The number of hydrogen-bond donors (Lipinski definition) is 1. The molecule has 1 saturated carbocycles. The molecule has 1 aliphatic rings. The molecule has 1 unspecified atom stereocenters. The molecule has 0 spiro atoms. The van der Waals surface area contributed by atoms with Crippen LogP contribution in [0.15, 0.2) is 18.2 Å². The zero-order valence-corrected chi connectivity index (χ0v) is 11.8. The molecule has 0 bridgehead atoms. The standard InChI is InChI=1S/C15H21N3O/c1-15(2)8-7-10(9-15)18-11-5-4-6-12(19-3)13(11)17-14(18)16/h4-6,10H,7-9H2,1-3H3,(H2,16,17). The fourth-order valence-corrected chi connectivity index (χ4v) is 3.28. The molecular weight excluding hydrogens is 238 g/mol. The van der Waals surface area contributed by atoms with Crippen molar-refractivity contribution in [1.82, 2.24) is 9.55 Å². The quantitative estimate of drug-likeness (QED) is 0.899. The van der Waals surface area contributed by atoms with E-state index in [1.165, 1.54) is 12.8 Å². The highest BCUT2D eigenvalue weighted by Crippen LogP contribution is 2.45. The molecule has 0 radical (unpaired) electrons. The molecule has 1 atom stereocenters. The van der Waals surface area contributed by atoms with Gasteiger partial charge in [-0.25, -0.2) is 4.98 Å². The lowest BCUT2D eigenvalue weighted by Gasteiger charge is -2.19. The van der Waals surface area contributed by atoms with Gasteiger partial charge in [0, 0.05) is 6.04 Å². The Morgan fingerprint density at radius 2 is 2.21 bits per heavy atom. The van der Waals surface area contributed by atoms with Crippen molar-refractivity contribution in [2.24, 2.45) is 5.41 Å². The molecule has 3 rings (SSSR count). The summed E-state index contributed by atoms with van der Waals surface area (Å²) in [6, 6.07) is 6.45. The second-order valence-corrected chi connectivity index (χ2v) is 6.23. The summed E-state index contributed by atoms with van der Waals surface area (Å²) in [5.74, 6) is 1.39. The summed E-state index contributed by atoms with van der Waals surface area (Å²) in [4.78, 5) is 4.49. The molecule has 0 amide bonds. The van der Waals surface area contributed by atoms with Gasteiger partial charge in [-0.05, 0) is 36.8 Å². The van der Waals surface area contributed by atoms with Gasteiger partial charge >= 0.3 is 0 Å². The maximum Gasteiger partial charge on any atom is 0.201 e. The van der Waals surface area contributed by atoms with Gasteiger partial charge in [-0.15, -0.1) is 0 Å². The van der Waals surface area contributed by atoms with E-state index in [9.17, 15) is 0 Å². The fraction of sp³-hybridized carbons (Fsp3) is 0.533. The third kappa shape index (κ3) is 1.95. The third-order valence-electron chi connectivity index (χ3n) is 4.24. The van der Waals surface area contributed by atoms with E-state index in [0.717, 1.165) is 23.2 Å². The summed E-state index contributed by atoms with van der Waals surface area (Å²) in [6.45, 7) is 4.64. The third-order valence-corrected chi connectivity index (χ3v) is 4.24. The average molecular weight is 259 g/mol. The molecular formula is C15H21N3O. The van der Waals surface area contributed by atoms with E-state index in [2.05, 4.69) is 29.5 Å². The van der Waals surface area contributed by atoms with Gasteiger partial charge in [0.25, 0.3) is 0 Å². The molecule has 1 aromatic heterocycles. The number of nitrogen functional groups attached to an aromatic ring is 1. The summed E-state index contributed by atoms with van der Waals surface area (Å²) < 4.78 is 7.56. The molecule has 1 heterocycles. The molecule has 2 aromatic rings. The number of rotatable bonds is 2. The lowest BCUT2D eigenvalue weighted by Crippen LogP contribution is -2.11. The van der Waals surface area contributed by atoms with Gasteiger partial charge in [0.15, 0.2) is 0 Å². The Balaban J connectivity index is 2.12. The van der Waals surface area contributed by atoms with Crippen molar-refractivity contribution in [1.29, 1.82) is 0 Å². The van der Waals surface area contributed by atoms with Crippen molar-refractivity contribution in [2.45, 2.75) is 39.2 Å². The van der Waals surface area contributed by atoms with Crippen LogP contribution in [0.25, 0.3) is 11.0 Å². The number of nitrogens with two attached hydrogens (primary N) is 1. The van der Waals surface area contributed by atoms with E-state index >= 15 is 0 Å². The van der Waals surface area contributed by atoms with E-state index < -0.39 is 0 Å². The van der Waals surface area contributed by atoms with Crippen molar-refractivity contribution in [2.75, 3.05) is 12.8 Å². The van der Waals surface area contributed by atoms with Crippen LogP contribution in [0.4, 0.5) is 5.95 Å². The zero-order chi connectivity index (χ0) is 13.6. The summed E-state index contributed by atoms with van der Waals surface area (Å²) in [6.07, 6.45) is 3.56. The first-order chi connectivity index (χ1) is 9.02. The number of anilines is 1. The van der Waals surface area contributed by atoms with E-state index in [1.807, 2.05) is 12.1 Å². The maximum absolute atomic E-state index is 6.14. The van der Waals surface area contributed by atoms with E-state index in [4.69, 9.17) is 10.5 Å². The molecule has 1 aliphatic carbocycles. The van der Waals surface area contributed by atoms with Crippen molar-refractivity contribution < 1.29 is 4.74 Å². The molecule has 102 valence electrons. The second kappa shape index (κ2) is 4.15. The largest absolute Gasteiger partial charge is 0.494 e. The first-order valence-electron chi connectivity index (χ1n) is 6.82. The SMILES string of the molecule is COc1cccc2c1nc(N)n2C1CCC(C)(C)C1. The van der Waals surface area contributed by atoms with Crippen molar-refractivity contribution in [3.63, 3.8) is 0 Å². The molecule has 1 aromatic carbocycles. The molecule has 0 saturated heterocycles. The van der Waals surface area contributed by atoms with Crippen LogP contribution in [-0.2, 0) is 0 Å². The maximum atomic E-state index is 6.14. The van der Waals surface area contributed by atoms with Crippen LogP contribution < -0.4 is 10.5 Å². The minimum absolute atomic E-state index is 0.395. The number of benzene rings is 1. The Morgan fingerprint density at radius 1 is 1.42 bits per heavy atom. The molecule has 1 fully saturated rings. The fourth-order valence-electron chi connectivity index (χ4n) is 3.28. The number of ether oxygens (including phenoxy) is 1. The number of imidazole rings is 1. The van der Waals surface area contributed by atoms with Crippen molar-refractivity contribution in [3.05, 3.63) is 18.2 Å². The van der Waals surface area contributed by atoms with Crippen LogP contribution in [0.3, 0.4) is 0 Å². The van der Waals surface area contributed by atoms with Crippen LogP contribution in [-0.4, -0.2) is 16.7 Å². The highest BCUT2D eigenvalue weighted by atomic mass is 16.5. The smallest absolute Gasteiger partial charge is 0.201 e. The van der Waals surface area contributed by atoms with Crippen LogP contribution in [0.1, 0.15) is 39.2 Å². The van der Waals surface area contributed by atoms with Gasteiger partial charge < -0.3 is 15.0 Å². The molecule has 4 heteroatoms. The lowest BCUT2D eigenvalue weighted by molar-refractivity contribution is 0.361. The predicted molar refractivity (Wildman–Crippen MR) is 77.4 cm³/mol. The highest BCUT2D eigenvalue weighted by Gasteiger charge is 2.33. The number of hydrogen-bond acceptors (Lipinski definition) is 3. The van der Waals surface area contributed by atoms with Crippen molar-refractivity contribution >= 4 is 17.0 Å². The minimum atomic E-state index is 0.395. The van der Waals surface area contributed by atoms with Gasteiger partial charge in [-0.2, -0.15) is 0 Å². The van der Waals surface area contributed by atoms with E-state index in [1.54, 1.807) is 7.11 Å². The Kier molecular flexibility index (Phi) is 2.69. The number of methoxy groups -OCH3 is 1. The number of aromatic nitrogens is 2.